The van der Waals surface area contributed by atoms with E-state index in [1.807, 2.05) is 0 Å². The van der Waals surface area contributed by atoms with Gasteiger partial charge < -0.3 is 19.6 Å². The predicted octanol–water partition coefficient (Wildman–Crippen LogP) is 1.82. The van der Waals surface area contributed by atoms with Crippen LogP contribution in [0.2, 0.25) is 0 Å². The Labute approximate surface area is 113 Å². The van der Waals surface area contributed by atoms with Gasteiger partial charge in [-0.2, -0.15) is 0 Å². The lowest BCUT2D eigenvalue weighted by atomic mass is 10.4. The fourth-order valence-corrected chi connectivity index (χ4v) is 2.36. The molecule has 0 atom stereocenters. The lowest BCUT2D eigenvalue weighted by Crippen LogP contribution is -2.18. The van der Waals surface area contributed by atoms with Gasteiger partial charge >= 0.3 is 12.2 Å². The van der Waals surface area contributed by atoms with Crippen LogP contribution in [0.3, 0.4) is 0 Å². The first kappa shape index (κ1) is 16.2. The summed E-state index contributed by atoms with van der Waals surface area (Å²) in [6.45, 7) is 0. The summed E-state index contributed by atoms with van der Waals surface area (Å²) in [4.78, 5) is 11.0. The van der Waals surface area contributed by atoms with Crippen molar-refractivity contribution in [1.82, 2.24) is 4.98 Å². The Kier molecular flexibility index (Phi) is 4.29. The van der Waals surface area contributed by atoms with Crippen LogP contribution in [0, 0.1) is 10.1 Å². The van der Waals surface area contributed by atoms with Gasteiger partial charge in [0.25, 0.3) is 9.05 Å². The average molecular weight is 337 g/mol. The Bertz CT molecular complexity index is 647. The van der Waals surface area contributed by atoms with Crippen molar-refractivity contribution < 1.29 is 36.0 Å². The molecule has 13 heteroatoms. The molecule has 0 amide bonds. The van der Waals surface area contributed by atoms with Crippen molar-refractivity contribution in [2.45, 2.75) is 11.3 Å². The van der Waals surface area contributed by atoms with Crippen molar-refractivity contribution in [2.75, 3.05) is 7.11 Å². The molecule has 0 aromatic carbocycles. The maximum absolute atomic E-state index is 12.1. The number of nitro groups is 1. The summed E-state index contributed by atoms with van der Waals surface area (Å²) in [7, 11) is 0.928. The molecule has 0 fully saturated rings. The van der Waals surface area contributed by atoms with E-state index in [1.165, 1.54) is 0 Å². The molecular formula is C7H4ClF3N2O6S. The van der Waals surface area contributed by atoms with Gasteiger partial charge in [-0.05, 0) is 9.91 Å². The molecule has 1 heterocycles. The minimum absolute atomic E-state index is 0.302. The molecular weight excluding hydrogens is 333 g/mol. The van der Waals surface area contributed by atoms with Gasteiger partial charge in [0, 0.05) is 10.7 Å². The maximum Gasteiger partial charge on any atom is 0.573 e. The topological polar surface area (TPSA) is 109 Å². The van der Waals surface area contributed by atoms with E-state index in [0.29, 0.717) is 6.20 Å². The monoisotopic (exact) mass is 336 g/mol. The van der Waals surface area contributed by atoms with E-state index in [2.05, 4.69) is 14.5 Å². The molecule has 0 bridgehead atoms. The first-order valence-corrected chi connectivity index (χ1v) is 6.70. The van der Waals surface area contributed by atoms with Crippen molar-refractivity contribution in [1.29, 1.82) is 0 Å². The van der Waals surface area contributed by atoms with E-state index >= 15 is 0 Å². The smallest absolute Gasteiger partial charge is 0.491 e. The molecule has 112 valence electrons. The van der Waals surface area contributed by atoms with Gasteiger partial charge in [0.1, 0.15) is 0 Å². The van der Waals surface area contributed by atoms with Crippen LogP contribution in [-0.4, -0.2) is 31.8 Å². The van der Waals surface area contributed by atoms with E-state index in [9.17, 15) is 31.7 Å². The number of pyridine rings is 1. The molecule has 20 heavy (non-hydrogen) atoms. The molecule has 0 radical (unpaired) electrons. The Hall–Kier alpha value is -1.82. The van der Waals surface area contributed by atoms with E-state index in [0.717, 1.165) is 7.11 Å². The second-order valence-electron chi connectivity index (χ2n) is 3.05. The zero-order chi connectivity index (χ0) is 15.7. The van der Waals surface area contributed by atoms with Crippen LogP contribution in [0.1, 0.15) is 0 Å². The number of methoxy groups -OCH3 is 1. The van der Waals surface area contributed by atoms with Crippen molar-refractivity contribution in [3.63, 3.8) is 0 Å². The molecule has 0 saturated carbocycles. The SMILES string of the molecule is COc1c(OC(F)(F)F)cnc([N+](=O)[O-])c1S(=O)(=O)Cl. The van der Waals surface area contributed by atoms with Crippen LogP contribution >= 0.6 is 10.7 Å². The maximum atomic E-state index is 12.1. The van der Waals surface area contributed by atoms with Crippen molar-refractivity contribution >= 4 is 25.6 Å². The van der Waals surface area contributed by atoms with Gasteiger partial charge in [0.15, 0.2) is 11.9 Å². The number of hydrogen-bond donors (Lipinski definition) is 0. The molecule has 0 unspecified atom stereocenters. The molecule has 0 N–H and O–H groups in total. The molecule has 0 aliphatic heterocycles. The minimum atomic E-state index is -5.18. The molecule has 1 aromatic rings. The first-order valence-electron chi connectivity index (χ1n) is 4.39. The van der Waals surface area contributed by atoms with Crippen LogP contribution in [0.5, 0.6) is 11.5 Å². The molecule has 1 rings (SSSR count). The lowest BCUT2D eigenvalue weighted by Gasteiger charge is -2.12. The summed E-state index contributed by atoms with van der Waals surface area (Å²) in [5, 5.41) is 10.6. The highest BCUT2D eigenvalue weighted by molar-refractivity contribution is 8.14. The molecule has 0 saturated heterocycles. The Morgan fingerprint density at radius 2 is 2.00 bits per heavy atom. The molecule has 1 aromatic heterocycles. The van der Waals surface area contributed by atoms with Crippen LogP contribution in [0.4, 0.5) is 19.0 Å². The number of alkyl halides is 3. The number of hydrogen-bond acceptors (Lipinski definition) is 7. The zero-order valence-corrected chi connectivity index (χ0v) is 10.9. The molecule has 0 spiro atoms. The highest BCUT2D eigenvalue weighted by Crippen LogP contribution is 2.42. The second kappa shape index (κ2) is 5.28. The first-order chi connectivity index (χ1) is 8.97. The quantitative estimate of drug-likeness (QED) is 0.468. The Balaban J connectivity index is 3.66. The summed E-state index contributed by atoms with van der Waals surface area (Å²) >= 11 is 0. The number of rotatable bonds is 4. The van der Waals surface area contributed by atoms with Crippen molar-refractivity contribution in [2.24, 2.45) is 0 Å². The lowest BCUT2D eigenvalue weighted by molar-refractivity contribution is -0.392. The van der Waals surface area contributed by atoms with Crippen LogP contribution in [-0.2, 0) is 9.05 Å². The summed E-state index contributed by atoms with van der Waals surface area (Å²) < 4.78 is 66.8. The third kappa shape index (κ3) is 3.60. The van der Waals surface area contributed by atoms with Gasteiger partial charge in [0.2, 0.25) is 10.6 Å². The van der Waals surface area contributed by atoms with E-state index in [1.54, 1.807) is 0 Å². The molecule has 0 aliphatic carbocycles. The fraction of sp³-hybridized carbons (Fsp3) is 0.286. The average Bonchev–Trinajstić information content (AvgIpc) is 2.24. The van der Waals surface area contributed by atoms with Gasteiger partial charge in [0.05, 0.1) is 7.11 Å². The van der Waals surface area contributed by atoms with Gasteiger partial charge in [-0.1, -0.05) is 0 Å². The van der Waals surface area contributed by atoms with Gasteiger partial charge in [-0.3, -0.25) is 0 Å². The largest absolute Gasteiger partial charge is 0.573 e. The van der Waals surface area contributed by atoms with Crippen LogP contribution in [0.15, 0.2) is 11.1 Å². The highest BCUT2D eigenvalue weighted by atomic mass is 35.7. The molecule has 0 aliphatic rings. The number of ether oxygens (including phenoxy) is 2. The standard InChI is InChI=1S/C7H4ClF3N2O6S/c1-18-4-3(19-7(9,10)11)2-12-6(13(14)15)5(4)20(8,16)17/h2H,1H3. The third-order valence-corrected chi connectivity index (χ3v) is 3.10. The number of halogens is 4. The highest BCUT2D eigenvalue weighted by Gasteiger charge is 2.39. The Morgan fingerprint density at radius 1 is 1.45 bits per heavy atom. The minimum Gasteiger partial charge on any atom is -0.491 e. The normalized spacial score (nSPS) is 12.1. The van der Waals surface area contributed by atoms with E-state index < -0.39 is 42.5 Å². The summed E-state index contributed by atoms with van der Waals surface area (Å²) in [5.41, 5.74) is 0. The zero-order valence-electron chi connectivity index (χ0n) is 9.34. The van der Waals surface area contributed by atoms with Gasteiger partial charge in [-0.25, -0.2) is 8.42 Å². The van der Waals surface area contributed by atoms with Crippen LogP contribution < -0.4 is 9.47 Å². The summed E-state index contributed by atoms with van der Waals surface area (Å²) in [6, 6.07) is 0. The summed E-state index contributed by atoms with van der Waals surface area (Å²) in [5.74, 6) is -3.53. The number of aromatic nitrogens is 1. The van der Waals surface area contributed by atoms with E-state index in [-0.39, 0.29) is 0 Å². The Morgan fingerprint density at radius 3 is 2.35 bits per heavy atom. The third-order valence-electron chi connectivity index (χ3n) is 1.78. The fourth-order valence-electron chi connectivity index (χ4n) is 1.19. The molecule has 8 nitrogen and oxygen atoms in total. The second-order valence-corrected chi connectivity index (χ2v) is 5.55. The van der Waals surface area contributed by atoms with Crippen molar-refractivity contribution in [3.05, 3.63) is 16.3 Å². The van der Waals surface area contributed by atoms with E-state index in [4.69, 9.17) is 10.7 Å². The van der Waals surface area contributed by atoms with Crippen molar-refractivity contribution in [3.8, 4) is 11.5 Å². The summed E-state index contributed by atoms with van der Waals surface area (Å²) in [6.07, 6.45) is -4.88. The van der Waals surface area contributed by atoms with Crippen LogP contribution in [0.25, 0.3) is 0 Å². The number of nitrogens with zero attached hydrogens (tertiary/aromatic N) is 2. The predicted molar refractivity (Wildman–Crippen MR) is 57.2 cm³/mol. The van der Waals surface area contributed by atoms with Gasteiger partial charge in [-0.15, -0.1) is 13.2 Å².